The molecule has 0 radical (unpaired) electrons. The zero-order valence-corrected chi connectivity index (χ0v) is 22.8. The summed E-state index contributed by atoms with van der Waals surface area (Å²) in [6.45, 7) is 5.57. The number of ether oxygens (including phenoxy) is 2. The summed E-state index contributed by atoms with van der Waals surface area (Å²) >= 11 is 7.79. The van der Waals surface area contributed by atoms with E-state index in [1.807, 2.05) is 43.5 Å². The molecule has 0 aliphatic rings. The van der Waals surface area contributed by atoms with Crippen molar-refractivity contribution in [1.82, 2.24) is 14.8 Å². The number of nitro groups is 1. The van der Waals surface area contributed by atoms with Crippen LogP contribution in [0, 0.1) is 36.7 Å². The number of aromatic nitrogens is 3. The summed E-state index contributed by atoms with van der Waals surface area (Å²) in [5.41, 5.74) is 4.32. The fourth-order valence-corrected chi connectivity index (χ4v) is 5.33. The Labute approximate surface area is 228 Å². The first-order valence-electron chi connectivity index (χ1n) is 11.7. The van der Waals surface area contributed by atoms with Gasteiger partial charge >= 0.3 is 0 Å². The maximum Gasteiger partial charge on any atom is 0.220 e. The number of hydrogen-bond acceptors (Lipinski definition) is 7. The van der Waals surface area contributed by atoms with Crippen molar-refractivity contribution in [3.63, 3.8) is 0 Å². The van der Waals surface area contributed by atoms with Gasteiger partial charge in [0, 0.05) is 10.6 Å². The number of aryl methyl sites for hydroxylation is 3. The van der Waals surface area contributed by atoms with Gasteiger partial charge in [-0.25, -0.2) is 4.39 Å². The summed E-state index contributed by atoms with van der Waals surface area (Å²) in [4.78, 5) is 11.3. The van der Waals surface area contributed by atoms with E-state index in [-0.39, 0.29) is 34.7 Å². The minimum atomic E-state index is -0.650. The van der Waals surface area contributed by atoms with Crippen LogP contribution in [0.4, 0.5) is 4.39 Å². The Hall–Kier alpha value is -3.63. The molecule has 0 saturated heterocycles. The summed E-state index contributed by atoms with van der Waals surface area (Å²) in [6, 6.07) is 15.3. The number of benzene rings is 3. The van der Waals surface area contributed by atoms with Crippen molar-refractivity contribution >= 4 is 23.4 Å². The normalized spacial score (nSPS) is 11.8. The molecule has 0 amide bonds. The Morgan fingerprint density at radius 3 is 2.58 bits per heavy atom. The van der Waals surface area contributed by atoms with E-state index in [4.69, 9.17) is 21.1 Å². The van der Waals surface area contributed by atoms with Crippen LogP contribution in [0.15, 0.2) is 59.8 Å². The molecule has 4 aromatic rings. The molecule has 1 atom stereocenters. The van der Waals surface area contributed by atoms with E-state index < -0.39 is 5.25 Å². The summed E-state index contributed by atoms with van der Waals surface area (Å²) in [5.74, 6) is 0.862. The molecule has 3 aromatic carbocycles. The Balaban J connectivity index is 1.66. The van der Waals surface area contributed by atoms with Gasteiger partial charge < -0.3 is 9.47 Å². The van der Waals surface area contributed by atoms with E-state index >= 15 is 0 Å². The van der Waals surface area contributed by atoms with Gasteiger partial charge in [-0.2, -0.15) is 0 Å². The molecule has 1 aromatic heterocycles. The molecule has 0 N–H and O–H groups in total. The zero-order chi connectivity index (χ0) is 27.4. The van der Waals surface area contributed by atoms with Crippen molar-refractivity contribution in [2.75, 3.05) is 13.7 Å². The predicted molar refractivity (Wildman–Crippen MR) is 145 cm³/mol. The van der Waals surface area contributed by atoms with Gasteiger partial charge in [0.05, 0.1) is 12.1 Å². The molecule has 0 saturated carbocycles. The summed E-state index contributed by atoms with van der Waals surface area (Å²) < 4.78 is 26.8. The largest absolute Gasteiger partial charge is 0.493 e. The minimum Gasteiger partial charge on any atom is -0.493 e. The van der Waals surface area contributed by atoms with Crippen molar-refractivity contribution in [2.45, 2.75) is 37.8 Å². The van der Waals surface area contributed by atoms with Crippen LogP contribution in [-0.2, 0) is 6.61 Å². The van der Waals surface area contributed by atoms with Crippen LogP contribution in [0.3, 0.4) is 0 Å². The second-order valence-electron chi connectivity index (χ2n) is 8.71. The molecule has 0 aliphatic carbocycles. The topological polar surface area (TPSA) is 92.3 Å². The third kappa shape index (κ3) is 6.25. The van der Waals surface area contributed by atoms with Gasteiger partial charge in [0.25, 0.3) is 0 Å². The highest BCUT2D eigenvalue weighted by atomic mass is 35.5. The first-order chi connectivity index (χ1) is 18.2. The van der Waals surface area contributed by atoms with E-state index in [1.54, 1.807) is 24.3 Å². The van der Waals surface area contributed by atoms with Gasteiger partial charge in [-0.05, 0) is 79.4 Å². The van der Waals surface area contributed by atoms with Crippen LogP contribution >= 0.6 is 23.4 Å². The molecule has 38 heavy (non-hydrogen) atoms. The van der Waals surface area contributed by atoms with Crippen molar-refractivity contribution in [2.24, 2.45) is 0 Å². The Morgan fingerprint density at radius 1 is 1.11 bits per heavy atom. The van der Waals surface area contributed by atoms with Crippen molar-refractivity contribution in [3.05, 3.63) is 104 Å². The SMILES string of the molecule is COc1cc([C@@H](C[N+](=O)[O-])Sc2nnc(C)n2-c2ccc(C)c(C)c2)cc(Cl)c1OCc1cccc(F)c1. The monoisotopic (exact) mass is 556 g/mol. The van der Waals surface area contributed by atoms with Crippen LogP contribution < -0.4 is 9.47 Å². The van der Waals surface area contributed by atoms with Crippen LogP contribution in [0.5, 0.6) is 11.5 Å². The highest BCUT2D eigenvalue weighted by molar-refractivity contribution is 7.99. The van der Waals surface area contributed by atoms with E-state index in [9.17, 15) is 14.5 Å². The molecule has 0 unspecified atom stereocenters. The molecule has 1 heterocycles. The summed E-state index contributed by atoms with van der Waals surface area (Å²) in [5, 5.41) is 20.2. The molecule has 0 aliphatic heterocycles. The van der Waals surface area contributed by atoms with Gasteiger partial charge in [0.2, 0.25) is 6.54 Å². The molecule has 0 spiro atoms. The zero-order valence-electron chi connectivity index (χ0n) is 21.3. The molecule has 8 nitrogen and oxygen atoms in total. The number of halogens is 2. The van der Waals surface area contributed by atoms with E-state index in [1.165, 1.54) is 31.0 Å². The van der Waals surface area contributed by atoms with Crippen LogP contribution in [-0.4, -0.2) is 33.3 Å². The molecule has 198 valence electrons. The standard InChI is InChI=1S/C27H26ClFN4O4S/c1-16-8-9-22(10-17(16)2)33-18(3)30-31-27(33)38-25(14-32(34)35)20-12-23(28)26(24(13-20)36-4)37-15-19-6-5-7-21(29)11-19/h5-13,25H,14-15H2,1-4H3/t25-/m1/s1. The Kier molecular flexibility index (Phi) is 8.53. The van der Waals surface area contributed by atoms with Gasteiger partial charge in [-0.1, -0.05) is 41.6 Å². The molecular formula is C27H26ClFN4O4S. The third-order valence-electron chi connectivity index (χ3n) is 6.00. The van der Waals surface area contributed by atoms with Gasteiger partial charge in [0.15, 0.2) is 16.7 Å². The second-order valence-corrected chi connectivity index (χ2v) is 10.3. The lowest BCUT2D eigenvalue weighted by atomic mass is 10.1. The van der Waals surface area contributed by atoms with Crippen molar-refractivity contribution < 1.29 is 18.8 Å². The highest BCUT2D eigenvalue weighted by Crippen LogP contribution is 2.43. The smallest absolute Gasteiger partial charge is 0.220 e. The quantitative estimate of drug-likeness (QED) is 0.122. The number of thioether (sulfide) groups is 1. The maximum absolute atomic E-state index is 13.5. The fraction of sp³-hybridized carbons (Fsp3) is 0.259. The van der Waals surface area contributed by atoms with Crippen molar-refractivity contribution in [3.8, 4) is 17.2 Å². The predicted octanol–water partition coefficient (Wildman–Crippen LogP) is 6.68. The second kappa shape index (κ2) is 11.8. The Morgan fingerprint density at radius 2 is 1.89 bits per heavy atom. The van der Waals surface area contributed by atoms with Gasteiger partial charge in [-0.15, -0.1) is 10.2 Å². The van der Waals surface area contributed by atoms with Gasteiger partial charge in [0.1, 0.15) is 23.5 Å². The first-order valence-corrected chi connectivity index (χ1v) is 12.9. The fourth-order valence-electron chi connectivity index (χ4n) is 3.90. The lowest BCUT2D eigenvalue weighted by Crippen LogP contribution is -2.12. The number of hydrogen-bond donors (Lipinski definition) is 0. The average molecular weight is 557 g/mol. The Bertz CT molecular complexity index is 1480. The van der Waals surface area contributed by atoms with Gasteiger partial charge in [-0.3, -0.25) is 14.7 Å². The van der Waals surface area contributed by atoms with Crippen LogP contribution in [0.1, 0.15) is 33.3 Å². The highest BCUT2D eigenvalue weighted by Gasteiger charge is 2.26. The summed E-state index contributed by atoms with van der Waals surface area (Å²) in [6.07, 6.45) is 0. The average Bonchev–Trinajstić information content (AvgIpc) is 3.23. The first kappa shape index (κ1) is 27.4. The molecule has 0 bridgehead atoms. The number of nitrogens with zero attached hydrogens (tertiary/aromatic N) is 4. The molecule has 11 heteroatoms. The summed E-state index contributed by atoms with van der Waals surface area (Å²) in [7, 11) is 1.46. The van der Waals surface area contributed by atoms with Crippen molar-refractivity contribution in [1.29, 1.82) is 0 Å². The third-order valence-corrected chi connectivity index (χ3v) is 7.46. The minimum absolute atomic E-state index is 0.0681. The number of rotatable bonds is 10. The molecule has 4 rings (SSSR count). The lowest BCUT2D eigenvalue weighted by molar-refractivity contribution is -0.479. The van der Waals surface area contributed by atoms with E-state index in [0.29, 0.717) is 27.9 Å². The van der Waals surface area contributed by atoms with E-state index in [2.05, 4.69) is 10.2 Å². The van der Waals surface area contributed by atoms with Crippen LogP contribution in [0.25, 0.3) is 5.69 Å². The molecule has 0 fully saturated rings. The van der Waals surface area contributed by atoms with Crippen LogP contribution in [0.2, 0.25) is 5.02 Å². The lowest BCUT2D eigenvalue weighted by Gasteiger charge is -2.18. The number of methoxy groups -OCH3 is 1. The molecular weight excluding hydrogens is 531 g/mol. The van der Waals surface area contributed by atoms with E-state index in [0.717, 1.165) is 16.8 Å². The maximum atomic E-state index is 13.5.